The Morgan fingerprint density at radius 3 is 2.52 bits per heavy atom. The summed E-state index contributed by atoms with van der Waals surface area (Å²) in [5.74, 6) is 0.344. The third kappa shape index (κ3) is 3.61. The molecule has 1 aromatic heterocycles. The van der Waals surface area contributed by atoms with Gasteiger partial charge in [0.1, 0.15) is 5.82 Å². The van der Waals surface area contributed by atoms with Gasteiger partial charge in [0.05, 0.1) is 5.56 Å². The summed E-state index contributed by atoms with van der Waals surface area (Å²) in [4.78, 5) is 3.78. The van der Waals surface area contributed by atoms with E-state index < -0.39 is 21.8 Å². The smallest absolute Gasteiger partial charge is 0.329 e. The normalized spacial score (nSPS) is 12.6. The van der Waals surface area contributed by atoms with Crippen LogP contribution in [0.5, 0.6) is 0 Å². The average Bonchev–Trinajstić information content (AvgIpc) is 2.70. The monoisotopic (exact) mass is 319 g/mol. The molecule has 0 aliphatic heterocycles. The lowest BCUT2D eigenvalue weighted by Gasteiger charge is -2.09. The molecule has 0 fully saturated rings. The van der Waals surface area contributed by atoms with E-state index in [-0.39, 0.29) is 11.6 Å². The van der Waals surface area contributed by atoms with Crippen LogP contribution in [0.1, 0.15) is 17.0 Å². The first-order chi connectivity index (χ1) is 9.57. The molecule has 2 aromatic rings. The maximum atomic E-state index is 12.6. The molecule has 2 N–H and O–H groups in total. The lowest BCUT2D eigenvalue weighted by molar-refractivity contribution is -0.137. The Morgan fingerprint density at radius 1 is 1.33 bits per heavy atom. The van der Waals surface area contributed by atoms with E-state index in [0.717, 1.165) is 12.1 Å². The van der Waals surface area contributed by atoms with E-state index in [9.17, 15) is 21.6 Å². The third-order valence-corrected chi connectivity index (χ3v) is 3.63. The molecule has 0 spiro atoms. The van der Waals surface area contributed by atoms with Crippen molar-refractivity contribution in [1.82, 2.24) is 9.55 Å². The molecule has 0 atom stereocenters. The molecule has 0 bridgehead atoms. The molecule has 0 aliphatic carbocycles. The zero-order valence-electron chi connectivity index (χ0n) is 10.9. The number of aromatic nitrogens is 2. The first-order valence-electron chi connectivity index (χ1n) is 5.80. The third-order valence-electron chi connectivity index (χ3n) is 2.85. The molecule has 1 heterocycles. The SMILES string of the molecule is Cc1nc(S(N)(=O)=O)cn1Cc1cccc(C(F)(F)F)c1. The Hall–Kier alpha value is -1.87. The van der Waals surface area contributed by atoms with Crippen molar-refractivity contribution in [1.29, 1.82) is 0 Å². The lowest BCUT2D eigenvalue weighted by atomic mass is 10.1. The number of nitrogens with zero attached hydrogens (tertiary/aromatic N) is 2. The van der Waals surface area contributed by atoms with E-state index in [2.05, 4.69) is 4.98 Å². The summed E-state index contributed by atoms with van der Waals surface area (Å²) in [6, 6.07) is 4.80. The largest absolute Gasteiger partial charge is 0.416 e. The molecule has 114 valence electrons. The van der Waals surface area contributed by atoms with Crippen LogP contribution >= 0.6 is 0 Å². The first kappa shape index (κ1) is 15.5. The van der Waals surface area contributed by atoms with Gasteiger partial charge < -0.3 is 4.57 Å². The molecular formula is C12H12F3N3O2S. The van der Waals surface area contributed by atoms with Gasteiger partial charge in [-0.25, -0.2) is 18.5 Å². The van der Waals surface area contributed by atoms with Crippen LogP contribution in [-0.4, -0.2) is 18.0 Å². The number of benzene rings is 1. The van der Waals surface area contributed by atoms with Gasteiger partial charge >= 0.3 is 6.18 Å². The van der Waals surface area contributed by atoms with Crippen molar-refractivity contribution < 1.29 is 21.6 Å². The zero-order valence-corrected chi connectivity index (χ0v) is 11.7. The van der Waals surface area contributed by atoms with E-state index in [1.807, 2.05) is 0 Å². The van der Waals surface area contributed by atoms with Crippen molar-refractivity contribution in [3.63, 3.8) is 0 Å². The fourth-order valence-electron chi connectivity index (χ4n) is 1.82. The number of halogens is 3. The Labute approximate surface area is 119 Å². The number of nitrogens with two attached hydrogens (primary N) is 1. The number of sulfonamides is 1. The number of primary sulfonamides is 1. The van der Waals surface area contributed by atoms with E-state index in [1.165, 1.54) is 22.9 Å². The van der Waals surface area contributed by atoms with Gasteiger partial charge in [-0.15, -0.1) is 0 Å². The average molecular weight is 319 g/mol. The van der Waals surface area contributed by atoms with Crippen LogP contribution in [0.4, 0.5) is 13.2 Å². The fraction of sp³-hybridized carbons (Fsp3) is 0.250. The van der Waals surface area contributed by atoms with Crippen molar-refractivity contribution in [3.05, 3.63) is 47.4 Å². The Bertz CT molecular complexity index is 766. The molecule has 0 radical (unpaired) electrons. The number of imidazole rings is 1. The van der Waals surface area contributed by atoms with Crippen LogP contribution in [0.2, 0.25) is 0 Å². The number of alkyl halides is 3. The molecule has 0 amide bonds. The van der Waals surface area contributed by atoms with E-state index in [0.29, 0.717) is 11.4 Å². The minimum Gasteiger partial charge on any atom is -0.329 e. The van der Waals surface area contributed by atoms with E-state index in [1.54, 1.807) is 6.92 Å². The molecule has 2 rings (SSSR count). The molecular weight excluding hydrogens is 307 g/mol. The molecule has 0 aliphatic rings. The molecule has 0 saturated carbocycles. The van der Waals surface area contributed by atoms with Gasteiger partial charge in [0.15, 0.2) is 5.03 Å². The van der Waals surface area contributed by atoms with Gasteiger partial charge in [0.2, 0.25) is 0 Å². The summed E-state index contributed by atoms with van der Waals surface area (Å²) in [6.07, 6.45) is -3.23. The number of hydrogen-bond acceptors (Lipinski definition) is 3. The van der Waals surface area contributed by atoms with Crippen molar-refractivity contribution >= 4 is 10.0 Å². The highest BCUT2D eigenvalue weighted by Gasteiger charge is 2.30. The highest BCUT2D eigenvalue weighted by atomic mass is 32.2. The maximum Gasteiger partial charge on any atom is 0.416 e. The Balaban J connectivity index is 2.33. The molecule has 0 saturated heterocycles. The van der Waals surface area contributed by atoms with Crippen molar-refractivity contribution in [2.45, 2.75) is 24.7 Å². The second-order valence-electron chi connectivity index (χ2n) is 4.50. The highest BCUT2D eigenvalue weighted by molar-refractivity contribution is 7.89. The standard InChI is InChI=1S/C12H12F3N3O2S/c1-8-17-11(21(16,19)20)7-18(8)6-9-3-2-4-10(5-9)12(13,14)15/h2-5,7H,6H2,1H3,(H2,16,19,20). The minimum atomic E-state index is -4.42. The van der Waals surface area contributed by atoms with Gasteiger partial charge in [0, 0.05) is 12.7 Å². The predicted molar refractivity (Wildman–Crippen MR) is 68.9 cm³/mol. The van der Waals surface area contributed by atoms with E-state index >= 15 is 0 Å². The van der Waals surface area contributed by atoms with Crippen LogP contribution in [-0.2, 0) is 22.7 Å². The Kier molecular flexibility index (Phi) is 3.81. The summed E-state index contributed by atoms with van der Waals surface area (Å²) in [6.45, 7) is 1.61. The van der Waals surface area contributed by atoms with Crippen molar-refractivity contribution in [2.75, 3.05) is 0 Å². The quantitative estimate of drug-likeness (QED) is 0.938. The number of hydrogen-bond donors (Lipinski definition) is 1. The summed E-state index contributed by atoms with van der Waals surface area (Å²) >= 11 is 0. The summed E-state index contributed by atoms with van der Waals surface area (Å²) in [7, 11) is -3.94. The zero-order chi connectivity index (χ0) is 15.8. The number of aryl methyl sites for hydroxylation is 1. The van der Waals surface area contributed by atoms with Crippen LogP contribution in [0.15, 0.2) is 35.5 Å². The van der Waals surface area contributed by atoms with Crippen LogP contribution in [0.3, 0.4) is 0 Å². The predicted octanol–water partition coefficient (Wildman–Crippen LogP) is 1.91. The summed E-state index contributed by atoms with van der Waals surface area (Å²) in [5, 5.41) is 4.65. The van der Waals surface area contributed by atoms with Crippen LogP contribution in [0.25, 0.3) is 0 Å². The van der Waals surface area contributed by atoms with Crippen LogP contribution in [0, 0.1) is 6.92 Å². The van der Waals surface area contributed by atoms with Crippen LogP contribution < -0.4 is 5.14 Å². The Morgan fingerprint density at radius 2 is 2.00 bits per heavy atom. The minimum absolute atomic E-state index is 0.0677. The van der Waals surface area contributed by atoms with Gasteiger partial charge in [0.25, 0.3) is 10.0 Å². The molecule has 9 heteroatoms. The first-order valence-corrected chi connectivity index (χ1v) is 7.35. The second-order valence-corrected chi connectivity index (χ2v) is 6.01. The topological polar surface area (TPSA) is 78.0 Å². The summed E-state index contributed by atoms with van der Waals surface area (Å²) < 4.78 is 61.7. The van der Waals surface area contributed by atoms with Gasteiger partial charge in [-0.2, -0.15) is 13.2 Å². The highest BCUT2D eigenvalue weighted by Crippen LogP contribution is 2.29. The lowest BCUT2D eigenvalue weighted by Crippen LogP contribution is -2.12. The molecule has 0 unspecified atom stereocenters. The van der Waals surface area contributed by atoms with Gasteiger partial charge in [-0.05, 0) is 24.6 Å². The molecule has 1 aromatic carbocycles. The number of rotatable bonds is 3. The molecule has 21 heavy (non-hydrogen) atoms. The van der Waals surface area contributed by atoms with Crippen molar-refractivity contribution in [2.24, 2.45) is 5.14 Å². The van der Waals surface area contributed by atoms with Crippen molar-refractivity contribution in [3.8, 4) is 0 Å². The fourth-order valence-corrected chi connectivity index (χ4v) is 2.35. The van der Waals surface area contributed by atoms with E-state index in [4.69, 9.17) is 5.14 Å². The maximum absolute atomic E-state index is 12.6. The second kappa shape index (κ2) is 5.15. The molecule has 5 nitrogen and oxygen atoms in total. The van der Waals surface area contributed by atoms with Gasteiger partial charge in [-0.3, -0.25) is 0 Å². The van der Waals surface area contributed by atoms with Gasteiger partial charge in [-0.1, -0.05) is 12.1 Å². The summed E-state index contributed by atoms with van der Waals surface area (Å²) in [5.41, 5.74) is -0.379.